The molecule has 0 atom stereocenters. The highest BCUT2D eigenvalue weighted by Crippen LogP contribution is 2.15. The van der Waals surface area contributed by atoms with Gasteiger partial charge in [-0.1, -0.05) is 22.9 Å². The van der Waals surface area contributed by atoms with Gasteiger partial charge in [0.25, 0.3) is 5.56 Å². The number of aromatic amines is 1. The summed E-state index contributed by atoms with van der Waals surface area (Å²) in [6.45, 7) is 2.00. The number of hydrogen-bond donors (Lipinski definition) is 1. The molecule has 3 heterocycles. The molecule has 20 heavy (non-hydrogen) atoms. The van der Waals surface area contributed by atoms with Crippen molar-refractivity contribution in [2.45, 2.75) is 6.92 Å². The van der Waals surface area contributed by atoms with Crippen LogP contribution in [0.3, 0.4) is 0 Å². The van der Waals surface area contributed by atoms with E-state index >= 15 is 0 Å². The summed E-state index contributed by atoms with van der Waals surface area (Å²) in [5.41, 5.74) is 2.86. The maximum Gasteiger partial charge on any atom is 0.291 e. The third-order valence-electron chi connectivity index (χ3n) is 3.15. The van der Waals surface area contributed by atoms with E-state index in [-0.39, 0.29) is 5.56 Å². The first-order chi connectivity index (χ1) is 9.74. The van der Waals surface area contributed by atoms with Gasteiger partial charge < -0.3 is 0 Å². The molecule has 0 aliphatic rings. The first kappa shape index (κ1) is 10.9. The van der Waals surface area contributed by atoms with Crippen molar-refractivity contribution in [1.29, 1.82) is 0 Å². The van der Waals surface area contributed by atoms with E-state index in [2.05, 4.69) is 25.6 Å². The van der Waals surface area contributed by atoms with Gasteiger partial charge in [-0.25, -0.2) is 9.20 Å². The molecule has 8 heteroatoms. The maximum atomic E-state index is 12.2. The van der Waals surface area contributed by atoms with Crippen molar-refractivity contribution in [1.82, 2.24) is 34.8 Å². The average molecular weight is 267 g/mol. The van der Waals surface area contributed by atoms with Crippen LogP contribution in [0.4, 0.5) is 0 Å². The summed E-state index contributed by atoms with van der Waals surface area (Å²) in [6.07, 6.45) is 1.42. The Bertz CT molecular complexity index is 977. The second kappa shape index (κ2) is 3.73. The Morgan fingerprint density at radius 1 is 1.15 bits per heavy atom. The van der Waals surface area contributed by atoms with E-state index in [1.165, 1.54) is 15.5 Å². The van der Waals surface area contributed by atoms with Crippen LogP contribution in [0.2, 0.25) is 0 Å². The standard InChI is InChI=1S/C12H9N7O/c1-7-2-4-8(5-3-7)19-10-9(14-17-19)11-15-13-6-18(11)16-12(10)20/h2-6H,1H3,(H,16,20). The molecule has 1 aromatic carbocycles. The zero-order valence-electron chi connectivity index (χ0n) is 10.5. The number of fused-ring (bicyclic) bond motifs is 3. The van der Waals surface area contributed by atoms with Crippen molar-refractivity contribution in [2.24, 2.45) is 0 Å². The molecular weight excluding hydrogens is 258 g/mol. The molecule has 4 rings (SSSR count). The van der Waals surface area contributed by atoms with Gasteiger partial charge in [0.05, 0.1) is 5.69 Å². The zero-order chi connectivity index (χ0) is 13.7. The number of rotatable bonds is 1. The van der Waals surface area contributed by atoms with Crippen molar-refractivity contribution in [3.05, 3.63) is 46.5 Å². The summed E-state index contributed by atoms with van der Waals surface area (Å²) in [5.74, 6) is 0. The van der Waals surface area contributed by atoms with Gasteiger partial charge >= 0.3 is 0 Å². The number of benzene rings is 1. The molecule has 0 aliphatic heterocycles. The predicted octanol–water partition coefficient (Wildman–Crippen LogP) is 0.460. The maximum absolute atomic E-state index is 12.2. The molecule has 0 fully saturated rings. The van der Waals surface area contributed by atoms with E-state index in [0.717, 1.165) is 11.3 Å². The fourth-order valence-corrected chi connectivity index (χ4v) is 2.14. The largest absolute Gasteiger partial charge is 0.291 e. The van der Waals surface area contributed by atoms with E-state index in [4.69, 9.17) is 0 Å². The number of nitrogens with zero attached hydrogens (tertiary/aromatic N) is 6. The highest BCUT2D eigenvalue weighted by Gasteiger charge is 2.15. The fourth-order valence-electron chi connectivity index (χ4n) is 2.14. The summed E-state index contributed by atoms with van der Waals surface area (Å²) in [4.78, 5) is 12.2. The van der Waals surface area contributed by atoms with Crippen molar-refractivity contribution >= 4 is 16.7 Å². The molecule has 1 N–H and O–H groups in total. The average Bonchev–Trinajstić information content (AvgIpc) is 3.05. The van der Waals surface area contributed by atoms with Gasteiger partial charge in [-0.15, -0.1) is 15.3 Å². The molecular formula is C12H9N7O. The first-order valence-electron chi connectivity index (χ1n) is 5.98. The molecule has 0 bridgehead atoms. The smallest absolute Gasteiger partial charge is 0.266 e. The van der Waals surface area contributed by atoms with Gasteiger partial charge in [0.1, 0.15) is 6.33 Å². The molecule has 0 aliphatic carbocycles. The Hall–Kier alpha value is -3.03. The van der Waals surface area contributed by atoms with Crippen molar-refractivity contribution < 1.29 is 0 Å². The zero-order valence-corrected chi connectivity index (χ0v) is 10.5. The highest BCUT2D eigenvalue weighted by molar-refractivity contribution is 5.87. The lowest BCUT2D eigenvalue weighted by Gasteiger charge is -2.02. The van der Waals surface area contributed by atoms with Crippen LogP contribution in [0.1, 0.15) is 5.56 Å². The van der Waals surface area contributed by atoms with Gasteiger partial charge in [-0.05, 0) is 19.1 Å². The molecule has 98 valence electrons. The van der Waals surface area contributed by atoms with Crippen molar-refractivity contribution in [3.63, 3.8) is 0 Å². The fraction of sp³-hybridized carbons (Fsp3) is 0.0833. The minimum absolute atomic E-state index is 0.294. The van der Waals surface area contributed by atoms with E-state index in [1.54, 1.807) is 0 Å². The SMILES string of the molecule is Cc1ccc(-n2nnc3c2c(=O)[nH]n2cnnc32)cc1. The Labute approximate surface area is 111 Å². The quantitative estimate of drug-likeness (QED) is 0.540. The Morgan fingerprint density at radius 3 is 2.75 bits per heavy atom. The van der Waals surface area contributed by atoms with Crippen LogP contribution in [0.15, 0.2) is 35.4 Å². The topological polar surface area (TPSA) is 93.8 Å². The molecule has 0 radical (unpaired) electrons. The van der Waals surface area contributed by atoms with Gasteiger partial charge in [-0.2, -0.15) is 0 Å². The molecule has 0 saturated heterocycles. The Balaban J connectivity index is 2.11. The van der Waals surface area contributed by atoms with Crippen LogP contribution in [0, 0.1) is 6.92 Å². The van der Waals surface area contributed by atoms with Crippen molar-refractivity contribution in [3.8, 4) is 5.69 Å². The number of hydrogen-bond acceptors (Lipinski definition) is 5. The van der Waals surface area contributed by atoms with E-state index in [0.29, 0.717) is 16.7 Å². The molecule has 0 spiro atoms. The summed E-state index contributed by atoms with van der Waals surface area (Å²) in [7, 11) is 0. The van der Waals surface area contributed by atoms with E-state index in [9.17, 15) is 4.79 Å². The van der Waals surface area contributed by atoms with Gasteiger partial charge in [0, 0.05) is 0 Å². The van der Waals surface area contributed by atoms with Crippen LogP contribution in [0.5, 0.6) is 0 Å². The van der Waals surface area contributed by atoms with Crippen LogP contribution >= 0.6 is 0 Å². The van der Waals surface area contributed by atoms with E-state index in [1.807, 2.05) is 31.2 Å². The summed E-state index contributed by atoms with van der Waals surface area (Å²) < 4.78 is 2.93. The molecule has 0 unspecified atom stereocenters. The van der Waals surface area contributed by atoms with Gasteiger partial charge in [0.15, 0.2) is 11.0 Å². The number of nitrogens with one attached hydrogen (secondary N) is 1. The lowest BCUT2D eigenvalue weighted by molar-refractivity contribution is 0.818. The monoisotopic (exact) mass is 267 g/mol. The molecule has 4 aromatic rings. The molecule has 0 amide bonds. The normalized spacial score (nSPS) is 11.4. The number of aromatic nitrogens is 7. The minimum atomic E-state index is -0.294. The Kier molecular flexibility index (Phi) is 2.02. The van der Waals surface area contributed by atoms with Crippen molar-refractivity contribution in [2.75, 3.05) is 0 Å². The summed E-state index contributed by atoms with van der Waals surface area (Å²) in [6, 6.07) is 7.67. The van der Waals surface area contributed by atoms with Crippen LogP contribution in [-0.2, 0) is 0 Å². The molecule has 8 nitrogen and oxygen atoms in total. The lowest BCUT2D eigenvalue weighted by Crippen LogP contribution is -2.14. The number of H-pyrrole nitrogens is 1. The van der Waals surface area contributed by atoms with Gasteiger partial charge in [0.2, 0.25) is 5.65 Å². The van der Waals surface area contributed by atoms with Crippen LogP contribution in [0.25, 0.3) is 22.4 Å². The number of aryl methyl sites for hydroxylation is 1. The third-order valence-corrected chi connectivity index (χ3v) is 3.15. The molecule has 0 saturated carbocycles. The second-order valence-electron chi connectivity index (χ2n) is 4.50. The van der Waals surface area contributed by atoms with E-state index < -0.39 is 0 Å². The third kappa shape index (κ3) is 1.38. The summed E-state index contributed by atoms with van der Waals surface area (Å²) in [5, 5.41) is 18.4. The summed E-state index contributed by atoms with van der Waals surface area (Å²) >= 11 is 0. The van der Waals surface area contributed by atoms with Gasteiger partial charge in [-0.3, -0.25) is 9.89 Å². The lowest BCUT2D eigenvalue weighted by atomic mass is 10.2. The molecule has 3 aromatic heterocycles. The minimum Gasteiger partial charge on any atom is -0.266 e. The Morgan fingerprint density at radius 2 is 1.95 bits per heavy atom. The van der Waals surface area contributed by atoms with Crippen LogP contribution in [-0.4, -0.2) is 34.8 Å². The second-order valence-corrected chi connectivity index (χ2v) is 4.50. The van der Waals surface area contributed by atoms with Crippen LogP contribution < -0.4 is 5.56 Å². The first-order valence-corrected chi connectivity index (χ1v) is 5.98. The predicted molar refractivity (Wildman–Crippen MR) is 70.8 cm³/mol. The highest BCUT2D eigenvalue weighted by atomic mass is 16.1.